The average molecular weight is 309 g/mol. The highest BCUT2D eigenvalue weighted by Gasteiger charge is 2.16. The highest BCUT2D eigenvalue weighted by atomic mass is 79.9. The Morgan fingerprint density at radius 2 is 2.18 bits per heavy atom. The van der Waals surface area contributed by atoms with Crippen molar-refractivity contribution in [2.75, 3.05) is 19.0 Å². The smallest absolute Gasteiger partial charge is 0.243 e. The van der Waals surface area contributed by atoms with Gasteiger partial charge in [0, 0.05) is 13.2 Å². The number of hydrogen-bond acceptors (Lipinski definition) is 3. The summed E-state index contributed by atoms with van der Waals surface area (Å²) in [6.45, 7) is -0.00748. The SMILES string of the molecule is COCC(N)C(=O)Nc1cc(F)c(Br)cc1F. The van der Waals surface area contributed by atoms with Gasteiger partial charge in [-0.3, -0.25) is 4.79 Å². The Morgan fingerprint density at radius 1 is 1.53 bits per heavy atom. The van der Waals surface area contributed by atoms with Gasteiger partial charge >= 0.3 is 0 Å². The Labute approximate surface area is 105 Å². The Morgan fingerprint density at radius 3 is 2.76 bits per heavy atom. The molecule has 17 heavy (non-hydrogen) atoms. The van der Waals surface area contributed by atoms with Gasteiger partial charge in [0.05, 0.1) is 16.8 Å². The third-order valence-corrected chi connectivity index (χ3v) is 2.56. The van der Waals surface area contributed by atoms with Crippen molar-refractivity contribution in [2.24, 2.45) is 5.73 Å². The van der Waals surface area contributed by atoms with E-state index in [-0.39, 0.29) is 16.8 Å². The van der Waals surface area contributed by atoms with E-state index >= 15 is 0 Å². The zero-order valence-corrected chi connectivity index (χ0v) is 10.6. The van der Waals surface area contributed by atoms with Crippen LogP contribution in [0.5, 0.6) is 0 Å². The molecular formula is C10H11BrF2N2O2. The standard InChI is InChI=1S/C10H11BrF2N2O2/c1-17-4-8(14)10(16)15-9-3-6(12)5(11)2-7(9)13/h2-3,8H,4,14H2,1H3,(H,15,16). The molecule has 0 radical (unpaired) electrons. The quantitative estimate of drug-likeness (QED) is 0.831. The van der Waals surface area contributed by atoms with Gasteiger partial charge in [-0.1, -0.05) is 0 Å². The normalized spacial score (nSPS) is 12.3. The summed E-state index contributed by atoms with van der Waals surface area (Å²) in [7, 11) is 1.38. The van der Waals surface area contributed by atoms with Crippen LogP contribution >= 0.6 is 15.9 Å². The van der Waals surface area contributed by atoms with Gasteiger partial charge in [-0.15, -0.1) is 0 Å². The molecule has 1 aromatic carbocycles. The topological polar surface area (TPSA) is 64.3 Å². The average Bonchev–Trinajstić information content (AvgIpc) is 2.26. The summed E-state index contributed by atoms with van der Waals surface area (Å²) in [4.78, 5) is 11.4. The molecule has 1 rings (SSSR count). The molecule has 0 fully saturated rings. The van der Waals surface area contributed by atoms with Gasteiger partial charge in [0.25, 0.3) is 0 Å². The second-order valence-electron chi connectivity index (χ2n) is 3.30. The number of nitrogens with two attached hydrogens (primary N) is 1. The molecule has 0 spiro atoms. The summed E-state index contributed by atoms with van der Waals surface area (Å²) >= 11 is 2.83. The van der Waals surface area contributed by atoms with Crippen LogP contribution in [-0.2, 0) is 9.53 Å². The molecule has 4 nitrogen and oxygen atoms in total. The summed E-state index contributed by atoms with van der Waals surface area (Å²) in [5.41, 5.74) is 5.17. The fourth-order valence-corrected chi connectivity index (χ4v) is 1.41. The lowest BCUT2D eigenvalue weighted by atomic mass is 10.2. The zero-order chi connectivity index (χ0) is 13.0. The molecule has 0 saturated heterocycles. The molecule has 0 saturated carbocycles. The third-order valence-electron chi connectivity index (χ3n) is 1.95. The fraction of sp³-hybridized carbons (Fsp3) is 0.300. The van der Waals surface area contributed by atoms with E-state index < -0.39 is 23.6 Å². The van der Waals surface area contributed by atoms with Gasteiger partial charge in [-0.05, 0) is 22.0 Å². The van der Waals surface area contributed by atoms with E-state index in [2.05, 4.69) is 26.0 Å². The van der Waals surface area contributed by atoms with Crippen LogP contribution in [-0.4, -0.2) is 25.7 Å². The van der Waals surface area contributed by atoms with Gasteiger partial charge in [0.2, 0.25) is 5.91 Å². The van der Waals surface area contributed by atoms with Crippen LogP contribution < -0.4 is 11.1 Å². The Balaban J connectivity index is 2.81. The number of ether oxygens (including phenoxy) is 1. The minimum Gasteiger partial charge on any atom is -0.383 e. The molecule has 1 amide bonds. The number of anilines is 1. The molecule has 3 N–H and O–H groups in total. The molecule has 0 heterocycles. The number of methoxy groups -OCH3 is 1. The summed E-state index contributed by atoms with van der Waals surface area (Å²) in [6.07, 6.45) is 0. The maximum Gasteiger partial charge on any atom is 0.243 e. The first kappa shape index (κ1) is 14.0. The molecule has 1 atom stereocenters. The number of rotatable bonds is 4. The summed E-state index contributed by atoms with van der Waals surface area (Å²) < 4.78 is 31.1. The minimum atomic E-state index is -0.939. The van der Waals surface area contributed by atoms with Crippen molar-refractivity contribution in [3.63, 3.8) is 0 Å². The first-order valence-corrected chi connectivity index (χ1v) is 5.45. The van der Waals surface area contributed by atoms with Crippen molar-refractivity contribution < 1.29 is 18.3 Å². The molecule has 0 aliphatic rings. The van der Waals surface area contributed by atoms with E-state index in [9.17, 15) is 13.6 Å². The van der Waals surface area contributed by atoms with E-state index in [1.54, 1.807) is 0 Å². The van der Waals surface area contributed by atoms with Gasteiger partial charge < -0.3 is 15.8 Å². The van der Waals surface area contributed by atoms with E-state index in [4.69, 9.17) is 5.73 Å². The van der Waals surface area contributed by atoms with Crippen molar-refractivity contribution in [3.8, 4) is 0 Å². The first-order chi connectivity index (χ1) is 7.95. The maximum absolute atomic E-state index is 13.4. The van der Waals surface area contributed by atoms with Crippen LogP contribution in [0.15, 0.2) is 16.6 Å². The van der Waals surface area contributed by atoms with E-state index in [0.29, 0.717) is 0 Å². The molecule has 0 aromatic heterocycles. The predicted molar refractivity (Wildman–Crippen MR) is 62.5 cm³/mol. The molecule has 94 valence electrons. The second kappa shape index (κ2) is 6.04. The minimum absolute atomic E-state index is 0.00748. The lowest BCUT2D eigenvalue weighted by Gasteiger charge is -2.12. The van der Waals surface area contributed by atoms with Crippen LogP contribution in [0.1, 0.15) is 0 Å². The summed E-state index contributed by atoms with van der Waals surface area (Å²) in [5, 5.41) is 2.18. The van der Waals surface area contributed by atoms with Crippen molar-refractivity contribution in [2.45, 2.75) is 6.04 Å². The molecule has 0 bridgehead atoms. The molecular weight excluding hydrogens is 298 g/mol. The number of carbonyl (C=O) groups excluding carboxylic acids is 1. The first-order valence-electron chi connectivity index (χ1n) is 4.65. The molecule has 0 aliphatic carbocycles. The zero-order valence-electron chi connectivity index (χ0n) is 8.97. The maximum atomic E-state index is 13.4. The lowest BCUT2D eigenvalue weighted by molar-refractivity contribution is -0.118. The third kappa shape index (κ3) is 3.72. The van der Waals surface area contributed by atoms with Crippen LogP contribution in [0, 0.1) is 11.6 Å². The van der Waals surface area contributed by atoms with Crippen LogP contribution in [0.3, 0.4) is 0 Å². The fourth-order valence-electron chi connectivity index (χ4n) is 1.10. The largest absolute Gasteiger partial charge is 0.383 e. The molecule has 1 unspecified atom stereocenters. The lowest BCUT2D eigenvalue weighted by Crippen LogP contribution is -2.39. The van der Waals surface area contributed by atoms with Crippen molar-refractivity contribution in [1.29, 1.82) is 0 Å². The number of benzene rings is 1. The number of nitrogens with one attached hydrogen (secondary N) is 1. The number of amides is 1. The highest BCUT2D eigenvalue weighted by molar-refractivity contribution is 9.10. The summed E-state index contributed by atoms with van der Waals surface area (Å²) in [5.74, 6) is -2.08. The second-order valence-corrected chi connectivity index (χ2v) is 4.15. The Hall–Kier alpha value is -1.05. The van der Waals surface area contributed by atoms with Crippen molar-refractivity contribution >= 4 is 27.5 Å². The number of halogens is 3. The summed E-state index contributed by atoms with van der Waals surface area (Å²) in [6, 6.07) is 0.856. The van der Waals surface area contributed by atoms with Crippen molar-refractivity contribution in [3.05, 3.63) is 28.2 Å². The number of carbonyl (C=O) groups is 1. The Kier molecular flexibility index (Phi) is 4.98. The van der Waals surface area contributed by atoms with E-state index in [1.807, 2.05) is 0 Å². The van der Waals surface area contributed by atoms with Gasteiger partial charge in [0.15, 0.2) is 0 Å². The molecule has 0 aliphatic heterocycles. The van der Waals surface area contributed by atoms with Gasteiger partial charge in [0.1, 0.15) is 17.7 Å². The van der Waals surface area contributed by atoms with Gasteiger partial charge in [-0.25, -0.2) is 8.78 Å². The van der Waals surface area contributed by atoms with E-state index in [1.165, 1.54) is 7.11 Å². The monoisotopic (exact) mass is 308 g/mol. The van der Waals surface area contributed by atoms with Crippen LogP contribution in [0.2, 0.25) is 0 Å². The molecule has 7 heteroatoms. The Bertz CT molecular complexity index is 429. The predicted octanol–water partition coefficient (Wildman–Crippen LogP) is 1.64. The molecule has 1 aromatic rings. The van der Waals surface area contributed by atoms with Gasteiger partial charge in [-0.2, -0.15) is 0 Å². The highest BCUT2D eigenvalue weighted by Crippen LogP contribution is 2.23. The van der Waals surface area contributed by atoms with Crippen LogP contribution in [0.25, 0.3) is 0 Å². The van der Waals surface area contributed by atoms with E-state index in [0.717, 1.165) is 12.1 Å². The number of hydrogen-bond donors (Lipinski definition) is 2. The van der Waals surface area contributed by atoms with Crippen LogP contribution in [0.4, 0.5) is 14.5 Å². The van der Waals surface area contributed by atoms with Crippen molar-refractivity contribution in [1.82, 2.24) is 0 Å².